The fourth-order valence-corrected chi connectivity index (χ4v) is 2.16. The number of benzene rings is 1. The van der Waals surface area contributed by atoms with E-state index in [4.69, 9.17) is 0 Å². The molecule has 0 bridgehead atoms. The average molecular weight is 252 g/mol. The van der Waals surface area contributed by atoms with Gasteiger partial charge in [0, 0.05) is 18.7 Å². The Morgan fingerprint density at radius 2 is 1.94 bits per heavy atom. The topological polar surface area (TPSA) is 15.3 Å². The third-order valence-electron chi connectivity index (χ3n) is 3.35. The highest BCUT2D eigenvalue weighted by Gasteiger charge is 2.15. The van der Waals surface area contributed by atoms with Crippen molar-refractivity contribution in [2.45, 2.75) is 20.4 Å². The first kappa shape index (κ1) is 15.1. The quantitative estimate of drug-likeness (QED) is 0.802. The summed E-state index contributed by atoms with van der Waals surface area (Å²) < 4.78 is 13.6. The van der Waals surface area contributed by atoms with Crippen molar-refractivity contribution in [2.24, 2.45) is 11.8 Å². The van der Waals surface area contributed by atoms with Gasteiger partial charge in [0.05, 0.1) is 0 Å². The first-order chi connectivity index (χ1) is 8.54. The second kappa shape index (κ2) is 7.49. The molecule has 1 rings (SSSR count). The molecule has 0 spiro atoms. The summed E-state index contributed by atoms with van der Waals surface area (Å²) in [6.45, 7) is 7.11. The number of hydrogen-bond acceptors (Lipinski definition) is 2. The van der Waals surface area contributed by atoms with Gasteiger partial charge in [-0.25, -0.2) is 4.39 Å². The van der Waals surface area contributed by atoms with E-state index in [0.717, 1.165) is 18.7 Å². The summed E-state index contributed by atoms with van der Waals surface area (Å²) in [5.41, 5.74) is 0.770. The fraction of sp³-hybridized carbons (Fsp3) is 0.600. The zero-order chi connectivity index (χ0) is 13.5. The maximum atomic E-state index is 13.6. The van der Waals surface area contributed by atoms with E-state index in [0.29, 0.717) is 18.4 Å². The lowest BCUT2D eigenvalue weighted by atomic mass is 9.95. The van der Waals surface area contributed by atoms with Gasteiger partial charge < -0.3 is 10.2 Å². The first-order valence-corrected chi connectivity index (χ1v) is 6.61. The molecule has 0 amide bonds. The predicted octanol–water partition coefficient (Wildman–Crippen LogP) is 2.75. The smallest absolute Gasteiger partial charge is 0.127 e. The van der Waals surface area contributed by atoms with Gasteiger partial charge >= 0.3 is 0 Å². The minimum atomic E-state index is -0.112. The van der Waals surface area contributed by atoms with Gasteiger partial charge in [0.2, 0.25) is 0 Å². The van der Waals surface area contributed by atoms with Gasteiger partial charge in [0.15, 0.2) is 0 Å². The summed E-state index contributed by atoms with van der Waals surface area (Å²) in [7, 11) is 4.03. The van der Waals surface area contributed by atoms with E-state index in [1.54, 1.807) is 6.07 Å². The Morgan fingerprint density at radius 3 is 2.50 bits per heavy atom. The van der Waals surface area contributed by atoms with Crippen LogP contribution in [0.5, 0.6) is 0 Å². The molecule has 0 aliphatic carbocycles. The zero-order valence-electron chi connectivity index (χ0n) is 11.9. The molecule has 0 radical (unpaired) electrons. The van der Waals surface area contributed by atoms with Crippen molar-refractivity contribution in [3.05, 3.63) is 35.6 Å². The van der Waals surface area contributed by atoms with Crippen LogP contribution in [-0.4, -0.2) is 32.1 Å². The summed E-state index contributed by atoms with van der Waals surface area (Å²) >= 11 is 0. The fourth-order valence-electron chi connectivity index (χ4n) is 2.16. The Labute approximate surface area is 110 Å². The number of nitrogens with one attached hydrogen (secondary N) is 1. The molecule has 1 aromatic rings. The van der Waals surface area contributed by atoms with E-state index in [-0.39, 0.29) is 5.82 Å². The van der Waals surface area contributed by atoms with Crippen LogP contribution in [0.4, 0.5) is 4.39 Å². The maximum Gasteiger partial charge on any atom is 0.127 e. The normalized spacial score (nSPS) is 13.3. The molecule has 0 saturated heterocycles. The third kappa shape index (κ3) is 4.75. The molecule has 0 heterocycles. The lowest BCUT2D eigenvalue weighted by Crippen LogP contribution is -2.34. The molecule has 1 unspecified atom stereocenters. The second-order valence-electron chi connectivity index (χ2n) is 5.35. The molecule has 1 N–H and O–H groups in total. The molecule has 0 aliphatic heterocycles. The van der Waals surface area contributed by atoms with Gasteiger partial charge in [-0.1, -0.05) is 32.0 Å². The molecule has 0 aromatic heterocycles. The highest BCUT2D eigenvalue weighted by molar-refractivity contribution is 5.16. The molecule has 18 heavy (non-hydrogen) atoms. The summed E-state index contributed by atoms with van der Waals surface area (Å²) in [5.74, 6) is 1.10. The molecule has 0 fully saturated rings. The molecular formula is C15H25FN2. The summed E-state index contributed by atoms with van der Waals surface area (Å²) in [5, 5.41) is 3.23. The summed E-state index contributed by atoms with van der Waals surface area (Å²) in [4.78, 5) is 2.19. The van der Waals surface area contributed by atoms with Crippen molar-refractivity contribution in [2.75, 3.05) is 27.2 Å². The van der Waals surface area contributed by atoms with Gasteiger partial charge in [0.25, 0.3) is 0 Å². The van der Waals surface area contributed by atoms with Gasteiger partial charge in [-0.3, -0.25) is 0 Å². The van der Waals surface area contributed by atoms with E-state index in [1.807, 2.05) is 19.2 Å². The Balaban J connectivity index is 2.55. The lowest BCUT2D eigenvalue weighted by Gasteiger charge is -2.26. The van der Waals surface area contributed by atoms with Crippen LogP contribution in [0.1, 0.15) is 19.4 Å². The summed E-state index contributed by atoms with van der Waals surface area (Å²) in [6, 6.07) is 7.00. The second-order valence-corrected chi connectivity index (χ2v) is 5.35. The van der Waals surface area contributed by atoms with Crippen molar-refractivity contribution in [1.82, 2.24) is 10.2 Å². The molecule has 3 heteroatoms. The van der Waals surface area contributed by atoms with Gasteiger partial charge in [0.1, 0.15) is 5.82 Å². The molecule has 0 aliphatic rings. The summed E-state index contributed by atoms with van der Waals surface area (Å²) in [6.07, 6.45) is 0. The third-order valence-corrected chi connectivity index (χ3v) is 3.35. The number of hydrogen-bond donors (Lipinski definition) is 1. The van der Waals surface area contributed by atoms with Crippen molar-refractivity contribution >= 4 is 0 Å². The number of halogens is 1. The van der Waals surface area contributed by atoms with E-state index in [2.05, 4.69) is 31.1 Å². The molecule has 2 nitrogen and oxygen atoms in total. The van der Waals surface area contributed by atoms with Crippen LogP contribution in [0.25, 0.3) is 0 Å². The molecule has 1 atom stereocenters. The Hall–Kier alpha value is -0.930. The first-order valence-electron chi connectivity index (χ1n) is 6.61. The average Bonchev–Trinajstić information content (AvgIpc) is 2.31. The molecule has 1 aromatic carbocycles. The number of rotatable bonds is 7. The largest absolute Gasteiger partial charge is 0.319 e. The van der Waals surface area contributed by atoms with Crippen LogP contribution in [0.3, 0.4) is 0 Å². The number of nitrogens with zero attached hydrogens (tertiary/aromatic N) is 1. The van der Waals surface area contributed by atoms with Crippen LogP contribution < -0.4 is 5.32 Å². The molecular weight excluding hydrogens is 227 g/mol. The van der Waals surface area contributed by atoms with Gasteiger partial charge in [-0.2, -0.15) is 0 Å². The standard InChI is InChI=1S/C15H25FN2/c1-12(2)14(9-17-3)11-18(4)10-13-7-5-6-8-15(13)16/h5-8,12,14,17H,9-11H2,1-4H3. The SMILES string of the molecule is CNCC(CN(C)Cc1ccccc1F)C(C)C. The highest BCUT2D eigenvalue weighted by atomic mass is 19.1. The van der Waals surface area contributed by atoms with Gasteiger partial charge in [-0.15, -0.1) is 0 Å². The lowest BCUT2D eigenvalue weighted by molar-refractivity contribution is 0.225. The van der Waals surface area contributed by atoms with E-state index < -0.39 is 0 Å². The van der Waals surface area contributed by atoms with Crippen molar-refractivity contribution in [3.63, 3.8) is 0 Å². The van der Waals surface area contributed by atoms with Crippen molar-refractivity contribution < 1.29 is 4.39 Å². The van der Waals surface area contributed by atoms with Crippen LogP contribution in [0.2, 0.25) is 0 Å². The Morgan fingerprint density at radius 1 is 1.28 bits per heavy atom. The minimum Gasteiger partial charge on any atom is -0.319 e. The van der Waals surface area contributed by atoms with E-state index in [1.165, 1.54) is 6.07 Å². The molecule has 102 valence electrons. The van der Waals surface area contributed by atoms with Gasteiger partial charge in [-0.05, 0) is 38.5 Å². The van der Waals surface area contributed by atoms with Crippen LogP contribution in [0, 0.1) is 17.7 Å². The Bertz CT molecular complexity index is 352. The zero-order valence-corrected chi connectivity index (χ0v) is 11.9. The van der Waals surface area contributed by atoms with Crippen LogP contribution in [-0.2, 0) is 6.54 Å². The van der Waals surface area contributed by atoms with E-state index in [9.17, 15) is 4.39 Å². The Kier molecular flexibility index (Phi) is 6.30. The maximum absolute atomic E-state index is 13.6. The van der Waals surface area contributed by atoms with Crippen LogP contribution in [0.15, 0.2) is 24.3 Å². The predicted molar refractivity (Wildman–Crippen MR) is 75.0 cm³/mol. The monoisotopic (exact) mass is 252 g/mol. The molecule has 0 saturated carbocycles. The minimum absolute atomic E-state index is 0.112. The van der Waals surface area contributed by atoms with Crippen molar-refractivity contribution in [3.8, 4) is 0 Å². The van der Waals surface area contributed by atoms with E-state index >= 15 is 0 Å². The highest BCUT2D eigenvalue weighted by Crippen LogP contribution is 2.14. The van der Waals surface area contributed by atoms with Crippen LogP contribution >= 0.6 is 0 Å². The van der Waals surface area contributed by atoms with Crippen molar-refractivity contribution in [1.29, 1.82) is 0 Å².